The molecule has 25 heavy (non-hydrogen) atoms. The summed E-state index contributed by atoms with van der Waals surface area (Å²) in [4.78, 5) is 12.4. The topological polar surface area (TPSA) is 77.5 Å². The van der Waals surface area contributed by atoms with Crippen molar-refractivity contribution in [2.45, 2.75) is 37.8 Å². The van der Waals surface area contributed by atoms with Crippen LogP contribution in [0.1, 0.15) is 42.0 Å². The number of ether oxygens (including phenoxy) is 1. The Morgan fingerprint density at radius 1 is 1.20 bits per heavy atom. The summed E-state index contributed by atoms with van der Waals surface area (Å²) in [5.41, 5.74) is 5.57. The number of rotatable bonds is 6. The molecule has 1 saturated carbocycles. The lowest BCUT2D eigenvalue weighted by atomic mass is 9.98. The maximum Gasteiger partial charge on any atom is 0.287 e. The monoisotopic (exact) mass is 428 g/mol. The summed E-state index contributed by atoms with van der Waals surface area (Å²) in [5.74, 6) is 1.44. The Bertz CT molecular complexity index is 697. The maximum atomic E-state index is 12.4. The van der Waals surface area contributed by atoms with E-state index in [9.17, 15) is 4.79 Å². The molecule has 0 aliphatic heterocycles. The van der Waals surface area contributed by atoms with Crippen molar-refractivity contribution in [2.24, 2.45) is 5.73 Å². The standard InChI is InChI=1S/C18H21BrN2O3.ClH/c19-13-3-5-14(6-4-13)23-11-15-7-8-16(24-15)17(22)21-18(12-20)9-1-2-10-18;/h3-8H,1-2,9-12,20H2,(H,21,22);1H. The second-order valence-corrected chi connectivity index (χ2v) is 7.07. The number of furan rings is 1. The van der Waals surface area contributed by atoms with Gasteiger partial charge in [-0.25, -0.2) is 0 Å². The SMILES string of the molecule is Cl.NCC1(NC(=O)c2ccc(COc3ccc(Br)cc3)o2)CCCC1. The zero-order valence-corrected chi connectivity index (χ0v) is 16.2. The van der Waals surface area contributed by atoms with Crippen LogP contribution in [0.15, 0.2) is 45.3 Å². The van der Waals surface area contributed by atoms with Crippen molar-refractivity contribution in [3.05, 3.63) is 52.4 Å². The fraction of sp³-hybridized carbons (Fsp3) is 0.389. The number of carbonyl (C=O) groups excluding carboxylic acids is 1. The van der Waals surface area contributed by atoms with Gasteiger partial charge in [0.2, 0.25) is 0 Å². The number of halogens is 2. The van der Waals surface area contributed by atoms with E-state index in [4.69, 9.17) is 14.9 Å². The Hall–Kier alpha value is -1.50. The van der Waals surface area contributed by atoms with Crippen molar-refractivity contribution in [2.75, 3.05) is 6.54 Å². The van der Waals surface area contributed by atoms with Gasteiger partial charge in [-0.2, -0.15) is 0 Å². The lowest BCUT2D eigenvalue weighted by molar-refractivity contribution is 0.0870. The van der Waals surface area contributed by atoms with Crippen LogP contribution >= 0.6 is 28.3 Å². The van der Waals surface area contributed by atoms with E-state index in [2.05, 4.69) is 21.2 Å². The molecule has 0 unspecified atom stereocenters. The summed E-state index contributed by atoms with van der Waals surface area (Å²) in [6, 6.07) is 11.0. The van der Waals surface area contributed by atoms with Gasteiger partial charge in [-0.3, -0.25) is 4.79 Å². The highest BCUT2D eigenvalue weighted by Gasteiger charge is 2.34. The van der Waals surface area contributed by atoms with Crippen molar-refractivity contribution in [1.29, 1.82) is 0 Å². The predicted octanol–water partition coefficient (Wildman–Crippen LogP) is 4.04. The average molecular weight is 430 g/mol. The second-order valence-electron chi connectivity index (χ2n) is 6.15. The molecule has 2 aromatic rings. The Balaban J connectivity index is 0.00000225. The van der Waals surface area contributed by atoms with Crippen LogP contribution in [-0.4, -0.2) is 18.0 Å². The Morgan fingerprint density at radius 3 is 2.52 bits per heavy atom. The van der Waals surface area contributed by atoms with E-state index in [0.29, 0.717) is 18.1 Å². The first-order valence-corrected chi connectivity index (χ1v) is 8.89. The third kappa shape index (κ3) is 5.00. The molecule has 0 spiro atoms. The normalized spacial score (nSPS) is 15.4. The lowest BCUT2D eigenvalue weighted by Crippen LogP contribution is -2.51. The van der Waals surface area contributed by atoms with E-state index in [-0.39, 0.29) is 30.5 Å². The summed E-state index contributed by atoms with van der Waals surface area (Å²) in [6.07, 6.45) is 4.05. The molecule has 0 radical (unpaired) electrons. The number of amides is 1. The van der Waals surface area contributed by atoms with Gasteiger partial charge in [0, 0.05) is 11.0 Å². The van der Waals surface area contributed by atoms with Crippen LogP contribution < -0.4 is 15.8 Å². The molecule has 1 heterocycles. The number of benzene rings is 1. The number of hydrogen-bond donors (Lipinski definition) is 2. The molecule has 1 aliphatic rings. The molecule has 0 bridgehead atoms. The number of carbonyl (C=O) groups is 1. The first-order chi connectivity index (χ1) is 11.6. The molecule has 1 fully saturated rings. The predicted molar refractivity (Wildman–Crippen MR) is 102 cm³/mol. The smallest absolute Gasteiger partial charge is 0.287 e. The first kappa shape index (κ1) is 19.8. The Kier molecular flexibility index (Phi) is 6.93. The van der Waals surface area contributed by atoms with E-state index < -0.39 is 0 Å². The average Bonchev–Trinajstić information content (AvgIpc) is 3.24. The molecule has 3 N–H and O–H groups in total. The molecule has 1 aliphatic carbocycles. The first-order valence-electron chi connectivity index (χ1n) is 8.10. The zero-order valence-electron chi connectivity index (χ0n) is 13.8. The van der Waals surface area contributed by atoms with Crippen molar-refractivity contribution in [1.82, 2.24) is 5.32 Å². The summed E-state index contributed by atoms with van der Waals surface area (Å²) in [7, 11) is 0. The second kappa shape index (κ2) is 8.74. The largest absolute Gasteiger partial charge is 0.486 e. The minimum Gasteiger partial charge on any atom is -0.486 e. The lowest BCUT2D eigenvalue weighted by Gasteiger charge is -2.28. The van der Waals surface area contributed by atoms with Crippen molar-refractivity contribution < 1.29 is 13.9 Å². The molecule has 1 amide bonds. The quantitative estimate of drug-likeness (QED) is 0.726. The van der Waals surface area contributed by atoms with Gasteiger partial charge in [-0.05, 0) is 49.2 Å². The zero-order chi connectivity index (χ0) is 17.0. The van der Waals surface area contributed by atoms with E-state index in [1.54, 1.807) is 12.1 Å². The van der Waals surface area contributed by atoms with Gasteiger partial charge in [-0.15, -0.1) is 12.4 Å². The highest BCUT2D eigenvalue weighted by Crippen LogP contribution is 2.29. The highest BCUT2D eigenvalue weighted by atomic mass is 79.9. The summed E-state index contributed by atoms with van der Waals surface area (Å²) in [5, 5.41) is 3.05. The molecule has 0 atom stereocenters. The molecule has 1 aromatic carbocycles. The Labute approximate surface area is 161 Å². The third-order valence-electron chi connectivity index (χ3n) is 4.41. The van der Waals surface area contributed by atoms with Crippen LogP contribution in [-0.2, 0) is 6.61 Å². The molecule has 7 heteroatoms. The molecule has 3 rings (SSSR count). The molecule has 136 valence electrons. The van der Waals surface area contributed by atoms with Crippen molar-refractivity contribution in [3.63, 3.8) is 0 Å². The van der Waals surface area contributed by atoms with Crippen LogP contribution in [0, 0.1) is 0 Å². The van der Waals surface area contributed by atoms with Gasteiger partial charge >= 0.3 is 0 Å². The minimum atomic E-state index is -0.280. The van der Waals surface area contributed by atoms with Crippen molar-refractivity contribution in [3.8, 4) is 5.75 Å². The van der Waals surface area contributed by atoms with E-state index in [0.717, 1.165) is 35.9 Å². The van der Waals surface area contributed by atoms with Crippen LogP contribution in [0.5, 0.6) is 5.75 Å². The van der Waals surface area contributed by atoms with Crippen molar-refractivity contribution >= 4 is 34.2 Å². The fourth-order valence-corrected chi connectivity index (χ4v) is 3.26. The van der Waals surface area contributed by atoms with Crippen LogP contribution in [0.3, 0.4) is 0 Å². The summed E-state index contributed by atoms with van der Waals surface area (Å²) in [6.45, 7) is 0.732. The highest BCUT2D eigenvalue weighted by molar-refractivity contribution is 9.10. The van der Waals surface area contributed by atoms with E-state index >= 15 is 0 Å². The molecule has 1 aromatic heterocycles. The van der Waals surface area contributed by atoms with Gasteiger partial charge in [0.1, 0.15) is 18.1 Å². The van der Waals surface area contributed by atoms with E-state index in [1.165, 1.54) is 0 Å². The third-order valence-corrected chi connectivity index (χ3v) is 4.94. The molecule has 0 saturated heterocycles. The number of nitrogens with two attached hydrogens (primary N) is 1. The van der Waals surface area contributed by atoms with Gasteiger partial charge in [-0.1, -0.05) is 28.8 Å². The van der Waals surface area contributed by atoms with Gasteiger partial charge in [0.05, 0.1) is 5.54 Å². The molecular weight excluding hydrogens is 408 g/mol. The maximum absolute atomic E-state index is 12.4. The molecular formula is C18H22BrClN2O3. The van der Waals surface area contributed by atoms with Gasteiger partial charge < -0.3 is 20.2 Å². The van der Waals surface area contributed by atoms with Crippen LogP contribution in [0.2, 0.25) is 0 Å². The minimum absolute atomic E-state index is 0. The molecule has 5 nitrogen and oxygen atoms in total. The van der Waals surface area contributed by atoms with Crippen LogP contribution in [0.4, 0.5) is 0 Å². The van der Waals surface area contributed by atoms with Gasteiger partial charge in [0.25, 0.3) is 5.91 Å². The Morgan fingerprint density at radius 2 is 1.88 bits per heavy atom. The summed E-state index contributed by atoms with van der Waals surface area (Å²) < 4.78 is 12.2. The summed E-state index contributed by atoms with van der Waals surface area (Å²) >= 11 is 3.38. The van der Waals surface area contributed by atoms with Crippen LogP contribution in [0.25, 0.3) is 0 Å². The van der Waals surface area contributed by atoms with E-state index in [1.807, 2.05) is 24.3 Å². The number of hydrogen-bond acceptors (Lipinski definition) is 4. The van der Waals surface area contributed by atoms with Gasteiger partial charge in [0.15, 0.2) is 5.76 Å². The number of nitrogens with one attached hydrogen (secondary N) is 1. The fourth-order valence-electron chi connectivity index (χ4n) is 3.00.